The van der Waals surface area contributed by atoms with Gasteiger partial charge in [0.2, 0.25) is 0 Å². The van der Waals surface area contributed by atoms with Crippen LogP contribution in [0.15, 0.2) is 29.7 Å². The van der Waals surface area contributed by atoms with E-state index in [2.05, 4.69) is 19.8 Å². The van der Waals surface area contributed by atoms with Gasteiger partial charge in [-0.05, 0) is 0 Å². The fourth-order valence-corrected chi connectivity index (χ4v) is 2.25. The molecule has 2 aromatic heterocycles. The zero-order chi connectivity index (χ0) is 12.5. The maximum atomic E-state index is 11.9. The molecule has 7 nitrogen and oxygen atoms in total. The summed E-state index contributed by atoms with van der Waals surface area (Å²) in [6, 6.07) is 1.31. The van der Waals surface area contributed by atoms with Gasteiger partial charge in [-0.25, -0.2) is 18.4 Å². The number of anilines is 1. The van der Waals surface area contributed by atoms with Gasteiger partial charge in [0.1, 0.15) is 22.2 Å². The number of sulfonamides is 1. The zero-order valence-electron chi connectivity index (χ0n) is 8.70. The molecule has 0 radical (unpaired) electrons. The van der Waals surface area contributed by atoms with Crippen LogP contribution < -0.4 is 4.72 Å². The smallest absolute Gasteiger partial charge is 0.266 e. The monoisotopic (exact) mass is 273 g/mol. The molecule has 2 aromatic rings. The molecule has 17 heavy (non-hydrogen) atoms. The minimum absolute atomic E-state index is 0.0507. The van der Waals surface area contributed by atoms with E-state index in [0.29, 0.717) is 0 Å². The van der Waals surface area contributed by atoms with Crippen molar-refractivity contribution >= 4 is 27.4 Å². The van der Waals surface area contributed by atoms with Crippen molar-refractivity contribution in [2.24, 2.45) is 7.05 Å². The molecule has 9 heteroatoms. The summed E-state index contributed by atoms with van der Waals surface area (Å²) in [5.41, 5.74) is 0. The average Bonchev–Trinajstić information content (AvgIpc) is 2.65. The van der Waals surface area contributed by atoms with E-state index >= 15 is 0 Å². The van der Waals surface area contributed by atoms with Crippen molar-refractivity contribution in [3.05, 3.63) is 29.9 Å². The first-order valence-electron chi connectivity index (χ1n) is 4.46. The van der Waals surface area contributed by atoms with Gasteiger partial charge in [-0.15, -0.1) is 0 Å². The molecule has 0 saturated carbocycles. The number of aromatic nitrogens is 4. The Kier molecular flexibility index (Phi) is 2.99. The van der Waals surface area contributed by atoms with Gasteiger partial charge in [0.05, 0.1) is 6.20 Å². The Bertz CT molecular complexity index is 639. The van der Waals surface area contributed by atoms with Crippen LogP contribution in [0.2, 0.25) is 5.15 Å². The number of nitrogens with zero attached hydrogens (tertiary/aromatic N) is 4. The average molecular weight is 274 g/mol. The summed E-state index contributed by atoms with van der Waals surface area (Å²) in [6.07, 6.45) is 3.79. The SMILES string of the molecule is Cn1cc(S(=O)(=O)Nc2cc(Cl)ncn2)cn1. The largest absolute Gasteiger partial charge is 0.274 e. The maximum absolute atomic E-state index is 11.9. The lowest BCUT2D eigenvalue weighted by Gasteiger charge is -2.04. The lowest BCUT2D eigenvalue weighted by atomic mass is 10.6. The minimum Gasteiger partial charge on any atom is -0.274 e. The second kappa shape index (κ2) is 4.30. The minimum atomic E-state index is -3.69. The summed E-state index contributed by atoms with van der Waals surface area (Å²) >= 11 is 5.62. The molecule has 0 aliphatic heterocycles. The van der Waals surface area contributed by atoms with Crippen molar-refractivity contribution in [3.8, 4) is 0 Å². The van der Waals surface area contributed by atoms with E-state index in [0.717, 1.165) is 0 Å². The van der Waals surface area contributed by atoms with Crippen molar-refractivity contribution in [3.63, 3.8) is 0 Å². The molecule has 0 unspecified atom stereocenters. The number of aryl methyl sites for hydroxylation is 1. The van der Waals surface area contributed by atoms with E-state index in [1.54, 1.807) is 7.05 Å². The molecule has 1 N–H and O–H groups in total. The van der Waals surface area contributed by atoms with Gasteiger partial charge in [0, 0.05) is 19.3 Å². The number of hydrogen-bond donors (Lipinski definition) is 1. The lowest BCUT2D eigenvalue weighted by molar-refractivity contribution is 0.601. The highest BCUT2D eigenvalue weighted by Gasteiger charge is 2.16. The zero-order valence-corrected chi connectivity index (χ0v) is 10.3. The third kappa shape index (κ3) is 2.71. The van der Waals surface area contributed by atoms with Gasteiger partial charge in [0.15, 0.2) is 0 Å². The van der Waals surface area contributed by atoms with E-state index in [1.807, 2.05) is 0 Å². The molecule has 90 valence electrons. The summed E-state index contributed by atoms with van der Waals surface area (Å²) < 4.78 is 27.4. The molecular weight excluding hydrogens is 266 g/mol. The molecule has 0 spiro atoms. The molecule has 0 saturated heterocycles. The summed E-state index contributed by atoms with van der Waals surface area (Å²) in [7, 11) is -2.07. The summed E-state index contributed by atoms with van der Waals surface area (Å²) in [6.45, 7) is 0. The Balaban J connectivity index is 2.29. The summed E-state index contributed by atoms with van der Waals surface area (Å²) in [5.74, 6) is 0.105. The second-order valence-corrected chi connectivity index (χ2v) is 5.25. The molecule has 0 fully saturated rings. The molecule has 0 bridgehead atoms. The highest BCUT2D eigenvalue weighted by Crippen LogP contribution is 2.14. The predicted molar refractivity (Wildman–Crippen MR) is 61.1 cm³/mol. The van der Waals surface area contributed by atoms with Crippen LogP contribution in [-0.4, -0.2) is 28.2 Å². The summed E-state index contributed by atoms with van der Waals surface area (Å²) in [4.78, 5) is 7.44. The van der Waals surface area contributed by atoms with E-state index in [-0.39, 0.29) is 15.9 Å². The van der Waals surface area contributed by atoms with E-state index < -0.39 is 10.0 Å². The normalized spacial score (nSPS) is 11.4. The van der Waals surface area contributed by atoms with Crippen LogP contribution in [0.4, 0.5) is 5.82 Å². The fraction of sp³-hybridized carbons (Fsp3) is 0.125. The van der Waals surface area contributed by atoms with Gasteiger partial charge >= 0.3 is 0 Å². The Morgan fingerprint density at radius 1 is 1.41 bits per heavy atom. The number of halogens is 1. The number of hydrogen-bond acceptors (Lipinski definition) is 5. The van der Waals surface area contributed by atoms with Crippen LogP contribution in [-0.2, 0) is 17.1 Å². The summed E-state index contributed by atoms with van der Waals surface area (Å²) in [5, 5.41) is 3.94. The van der Waals surface area contributed by atoms with E-state index in [9.17, 15) is 8.42 Å². The van der Waals surface area contributed by atoms with Crippen molar-refractivity contribution < 1.29 is 8.42 Å². The molecule has 0 aromatic carbocycles. The van der Waals surface area contributed by atoms with Crippen LogP contribution >= 0.6 is 11.6 Å². The van der Waals surface area contributed by atoms with Crippen molar-refractivity contribution in [1.82, 2.24) is 19.7 Å². The molecule has 2 heterocycles. The molecule has 2 rings (SSSR count). The molecule has 0 amide bonds. The number of rotatable bonds is 3. The van der Waals surface area contributed by atoms with E-state index in [4.69, 9.17) is 11.6 Å². The Labute approximate surface area is 103 Å². The molecule has 0 atom stereocenters. The van der Waals surface area contributed by atoms with E-state index in [1.165, 1.54) is 29.5 Å². The van der Waals surface area contributed by atoms with Crippen LogP contribution in [0.1, 0.15) is 0 Å². The Morgan fingerprint density at radius 2 is 2.18 bits per heavy atom. The topological polar surface area (TPSA) is 89.8 Å². The second-order valence-electron chi connectivity index (χ2n) is 3.18. The van der Waals surface area contributed by atoms with Gasteiger partial charge in [-0.1, -0.05) is 11.6 Å². The predicted octanol–water partition coefficient (Wildman–Crippen LogP) is 0.664. The number of nitrogens with one attached hydrogen (secondary N) is 1. The first-order chi connectivity index (χ1) is 7.97. The molecule has 0 aliphatic rings. The van der Waals surface area contributed by atoms with Crippen LogP contribution in [0.25, 0.3) is 0 Å². The van der Waals surface area contributed by atoms with Crippen LogP contribution in [0.3, 0.4) is 0 Å². The molecular formula is C8H8ClN5O2S. The first kappa shape index (κ1) is 11.8. The highest BCUT2D eigenvalue weighted by molar-refractivity contribution is 7.92. The van der Waals surface area contributed by atoms with Crippen molar-refractivity contribution in [2.45, 2.75) is 4.90 Å². The Morgan fingerprint density at radius 3 is 2.76 bits per heavy atom. The third-order valence-electron chi connectivity index (χ3n) is 1.86. The van der Waals surface area contributed by atoms with Gasteiger partial charge < -0.3 is 0 Å². The Hall–Kier alpha value is -1.67. The van der Waals surface area contributed by atoms with Gasteiger partial charge in [-0.2, -0.15) is 5.10 Å². The highest BCUT2D eigenvalue weighted by atomic mass is 35.5. The quantitative estimate of drug-likeness (QED) is 0.830. The van der Waals surface area contributed by atoms with Crippen molar-refractivity contribution in [1.29, 1.82) is 0 Å². The van der Waals surface area contributed by atoms with Crippen LogP contribution in [0, 0.1) is 0 Å². The maximum Gasteiger partial charge on any atom is 0.266 e. The standard InChI is InChI=1S/C8H8ClN5O2S/c1-14-4-6(3-12-14)17(15,16)13-8-2-7(9)10-5-11-8/h2-5H,1H3,(H,10,11,13). The first-order valence-corrected chi connectivity index (χ1v) is 6.32. The van der Waals surface area contributed by atoms with Crippen molar-refractivity contribution in [2.75, 3.05) is 4.72 Å². The van der Waals surface area contributed by atoms with Crippen LogP contribution in [0.5, 0.6) is 0 Å². The molecule has 0 aliphatic carbocycles. The fourth-order valence-electron chi connectivity index (χ4n) is 1.12. The lowest BCUT2D eigenvalue weighted by Crippen LogP contribution is -2.13. The van der Waals surface area contributed by atoms with Gasteiger partial charge in [-0.3, -0.25) is 9.40 Å². The third-order valence-corrected chi connectivity index (χ3v) is 3.38. The van der Waals surface area contributed by atoms with Gasteiger partial charge in [0.25, 0.3) is 10.0 Å².